The van der Waals surface area contributed by atoms with E-state index in [9.17, 15) is 4.79 Å². The van der Waals surface area contributed by atoms with Gasteiger partial charge in [0.05, 0.1) is 6.61 Å². The van der Waals surface area contributed by atoms with Crippen LogP contribution in [-0.2, 0) is 9.53 Å². The molecule has 18 heavy (non-hydrogen) atoms. The van der Waals surface area contributed by atoms with Gasteiger partial charge < -0.3 is 4.74 Å². The van der Waals surface area contributed by atoms with Gasteiger partial charge in [-0.3, -0.25) is 0 Å². The van der Waals surface area contributed by atoms with Crippen LogP contribution in [0.3, 0.4) is 0 Å². The lowest BCUT2D eigenvalue weighted by Gasteiger charge is -2.18. The zero-order valence-electron chi connectivity index (χ0n) is 11.8. The number of hydrogen-bond donors (Lipinski definition) is 0. The van der Waals surface area contributed by atoms with Crippen LogP contribution in [0.25, 0.3) is 0 Å². The summed E-state index contributed by atoms with van der Waals surface area (Å²) in [6, 6.07) is 0. The van der Waals surface area contributed by atoms with Crippen molar-refractivity contribution in [3.63, 3.8) is 0 Å². The Morgan fingerprint density at radius 2 is 1.94 bits per heavy atom. The minimum atomic E-state index is -0.233. The van der Waals surface area contributed by atoms with E-state index in [2.05, 4.69) is 13.5 Å². The fourth-order valence-corrected chi connectivity index (χ4v) is 4.15. The summed E-state index contributed by atoms with van der Waals surface area (Å²) in [7, 11) is 0. The molecule has 2 aliphatic carbocycles. The molecule has 102 valence electrons. The summed E-state index contributed by atoms with van der Waals surface area (Å²) in [6.07, 6.45) is 7.98. The van der Waals surface area contributed by atoms with E-state index in [-0.39, 0.29) is 5.97 Å². The maximum Gasteiger partial charge on any atom is 0.333 e. The molecule has 0 amide bonds. The summed E-state index contributed by atoms with van der Waals surface area (Å²) in [6.45, 7) is 8.22. The first-order valence-corrected chi connectivity index (χ1v) is 7.46. The predicted molar refractivity (Wildman–Crippen MR) is 73.1 cm³/mol. The molecule has 2 heteroatoms. The Balaban J connectivity index is 1.79. The molecule has 0 saturated heterocycles. The van der Waals surface area contributed by atoms with Gasteiger partial charge in [0.15, 0.2) is 0 Å². The van der Waals surface area contributed by atoms with E-state index < -0.39 is 0 Å². The molecule has 2 aliphatic rings. The molecule has 0 aromatic rings. The Bertz CT molecular complexity index is 321. The van der Waals surface area contributed by atoms with Gasteiger partial charge in [0.25, 0.3) is 0 Å². The predicted octanol–water partition coefficient (Wildman–Crippen LogP) is 3.96. The van der Waals surface area contributed by atoms with Crippen molar-refractivity contribution >= 4 is 5.97 Å². The van der Waals surface area contributed by atoms with Gasteiger partial charge in [-0.05, 0) is 56.3 Å². The first-order valence-electron chi connectivity index (χ1n) is 7.46. The number of hydrogen-bond acceptors (Lipinski definition) is 2. The van der Waals surface area contributed by atoms with Crippen molar-refractivity contribution in [1.29, 1.82) is 0 Å². The molecule has 0 aliphatic heterocycles. The Hall–Kier alpha value is -0.790. The van der Waals surface area contributed by atoms with Crippen molar-refractivity contribution in [2.75, 3.05) is 6.61 Å². The number of fused-ring (bicyclic) bond motifs is 1. The fraction of sp³-hybridized carbons (Fsp3) is 0.812. The second-order valence-corrected chi connectivity index (χ2v) is 6.13. The van der Waals surface area contributed by atoms with E-state index in [1.807, 2.05) is 0 Å². The van der Waals surface area contributed by atoms with Gasteiger partial charge in [-0.1, -0.05) is 26.3 Å². The molecule has 4 atom stereocenters. The van der Waals surface area contributed by atoms with Crippen molar-refractivity contribution in [3.8, 4) is 0 Å². The summed E-state index contributed by atoms with van der Waals surface area (Å²) in [5.41, 5.74) is 0.506. The van der Waals surface area contributed by atoms with Gasteiger partial charge in [0.1, 0.15) is 0 Å². The lowest BCUT2D eigenvalue weighted by Crippen LogP contribution is -2.14. The van der Waals surface area contributed by atoms with Gasteiger partial charge >= 0.3 is 5.97 Å². The van der Waals surface area contributed by atoms with Crippen molar-refractivity contribution < 1.29 is 9.53 Å². The quantitative estimate of drug-likeness (QED) is 0.545. The van der Waals surface area contributed by atoms with Crippen LogP contribution in [0.2, 0.25) is 0 Å². The molecule has 4 unspecified atom stereocenters. The Morgan fingerprint density at radius 3 is 2.56 bits per heavy atom. The number of esters is 1. The average molecular weight is 250 g/mol. The third kappa shape index (κ3) is 2.78. The van der Waals surface area contributed by atoms with Crippen molar-refractivity contribution in [2.45, 2.75) is 52.4 Å². The summed E-state index contributed by atoms with van der Waals surface area (Å²) in [5, 5.41) is 0. The minimum Gasteiger partial charge on any atom is -0.462 e. The first kappa shape index (κ1) is 13.6. The third-order valence-corrected chi connectivity index (χ3v) is 5.04. The molecule has 0 radical (unpaired) electrons. The highest BCUT2D eigenvalue weighted by atomic mass is 16.5. The van der Waals surface area contributed by atoms with Gasteiger partial charge in [-0.25, -0.2) is 4.79 Å². The van der Waals surface area contributed by atoms with Gasteiger partial charge in [-0.2, -0.15) is 0 Å². The number of ether oxygens (including phenoxy) is 1. The molecular formula is C16H26O2. The van der Waals surface area contributed by atoms with Crippen LogP contribution in [0.5, 0.6) is 0 Å². The maximum atomic E-state index is 11.3. The van der Waals surface area contributed by atoms with Crippen molar-refractivity contribution in [2.24, 2.45) is 23.7 Å². The molecule has 0 bridgehead atoms. The van der Waals surface area contributed by atoms with Crippen LogP contribution in [0.4, 0.5) is 0 Å². The highest BCUT2D eigenvalue weighted by Gasteiger charge is 2.44. The normalized spacial score (nSPS) is 34.3. The summed E-state index contributed by atoms with van der Waals surface area (Å²) in [5.74, 6) is 3.37. The molecule has 2 fully saturated rings. The highest BCUT2D eigenvalue weighted by molar-refractivity contribution is 5.86. The van der Waals surface area contributed by atoms with E-state index in [4.69, 9.17) is 4.74 Å². The molecule has 0 N–H and O–H groups in total. The summed E-state index contributed by atoms with van der Waals surface area (Å²) >= 11 is 0. The maximum absolute atomic E-state index is 11.3. The Labute approximate surface area is 111 Å². The third-order valence-electron chi connectivity index (χ3n) is 5.04. The topological polar surface area (TPSA) is 26.3 Å². The molecule has 2 nitrogen and oxygen atoms in total. The highest BCUT2D eigenvalue weighted by Crippen LogP contribution is 2.52. The largest absolute Gasteiger partial charge is 0.462 e. The second-order valence-electron chi connectivity index (χ2n) is 6.13. The number of carbonyl (C=O) groups is 1. The summed E-state index contributed by atoms with van der Waals surface area (Å²) < 4.78 is 5.24. The van der Waals surface area contributed by atoms with Gasteiger partial charge in [0, 0.05) is 5.57 Å². The van der Waals surface area contributed by atoms with Crippen LogP contribution in [0.1, 0.15) is 52.4 Å². The molecule has 0 aromatic heterocycles. The molecule has 2 rings (SSSR count). The lowest BCUT2D eigenvalue weighted by atomic mass is 9.88. The van der Waals surface area contributed by atoms with Crippen LogP contribution < -0.4 is 0 Å². The van der Waals surface area contributed by atoms with Crippen molar-refractivity contribution in [3.05, 3.63) is 12.2 Å². The molecule has 0 heterocycles. The van der Waals surface area contributed by atoms with Crippen LogP contribution in [0.15, 0.2) is 12.2 Å². The minimum absolute atomic E-state index is 0.233. The Kier molecular flexibility index (Phi) is 4.47. The van der Waals surface area contributed by atoms with Gasteiger partial charge in [-0.15, -0.1) is 0 Å². The zero-order valence-corrected chi connectivity index (χ0v) is 11.8. The van der Waals surface area contributed by atoms with E-state index in [0.717, 1.165) is 30.1 Å². The molecular weight excluding hydrogens is 224 g/mol. The van der Waals surface area contributed by atoms with Crippen molar-refractivity contribution in [1.82, 2.24) is 0 Å². The smallest absolute Gasteiger partial charge is 0.333 e. The second kappa shape index (κ2) is 5.90. The standard InChI is InChI=1S/C16H26O2/c1-4-12-10-13(15-7-5-6-14(12)15)8-9-18-16(17)11(2)3/h12-15H,2,4-10H2,1,3H3. The van der Waals surface area contributed by atoms with E-state index in [1.165, 1.54) is 32.1 Å². The lowest BCUT2D eigenvalue weighted by molar-refractivity contribution is -0.139. The Morgan fingerprint density at radius 1 is 1.28 bits per heavy atom. The first-order chi connectivity index (χ1) is 8.63. The SMILES string of the molecule is C=C(C)C(=O)OCCC1CC(CC)C2CCCC12. The monoisotopic (exact) mass is 250 g/mol. The molecule has 0 aromatic carbocycles. The zero-order chi connectivity index (χ0) is 13.1. The summed E-state index contributed by atoms with van der Waals surface area (Å²) in [4.78, 5) is 11.3. The number of rotatable bonds is 5. The van der Waals surface area contributed by atoms with Gasteiger partial charge in [0.2, 0.25) is 0 Å². The van der Waals surface area contributed by atoms with E-state index in [1.54, 1.807) is 6.92 Å². The van der Waals surface area contributed by atoms with E-state index in [0.29, 0.717) is 12.2 Å². The molecule has 0 spiro atoms. The van der Waals surface area contributed by atoms with Crippen LogP contribution in [-0.4, -0.2) is 12.6 Å². The molecule has 2 saturated carbocycles. The van der Waals surface area contributed by atoms with Crippen LogP contribution in [0, 0.1) is 23.7 Å². The van der Waals surface area contributed by atoms with Crippen LogP contribution >= 0.6 is 0 Å². The number of carbonyl (C=O) groups excluding carboxylic acids is 1. The van der Waals surface area contributed by atoms with E-state index >= 15 is 0 Å². The average Bonchev–Trinajstić information content (AvgIpc) is 2.91. The fourth-order valence-electron chi connectivity index (χ4n) is 4.15.